The number of hydrogen-bond acceptors (Lipinski definition) is 4. The van der Waals surface area contributed by atoms with E-state index in [1.54, 1.807) is 54.6 Å². The van der Waals surface area contributed by atoms with E-state index in [4.69, 9.17) is 15.9 Å². The lowest BCUT2D eigenvalue weighted by molar-refractivity contribution is -0.129. The third kappa shape index (κ3) is 8.55. The second kappa shape index (κ2) is 13.9. The average molecular weight is 588 g/mol. The molecule has 2 amide bonds. The van der Waals surface area contributed by atoms with Crippen molar-refractivity contribution < 1.29 is 14.3 Å². The summed E-state index contributed by atoms with van der Waals surface area (Å²) in [6, 6.07) is 22.5. The fraction of sp³-hybridized carbons (Fsp3) is 0.129. The minimum atomic E-state index is -1.07. The molecule has 2 unspecified atom stereocenters. The van der Waals surface area contributed by atoms with E-state index >= 15 is 0 Å². The fourth-order valence-corrected chi connectivity index (χ4v) is 4.07. The van der Waals surface area contributed by atoms with E-state index in [-0.39, 0.29) is 11.9 Å². The second-order valence-electron chi connectivity index (χ2n) is 8.78. The molecule has 0 spiro atoms. The minimum absolute atomic E-state index is 0.0673. The molecule has 0 aliphatic carbocycles. The van der Waals surface area contributed by atoms with Gasteiger partial charge in [0.05, 0.1) is 6.04 Å². The summed E-state index contributed by atoms with van der Waals surface area (Å²) in [5.41, 5.74) is 8.85. The van der Waals surface area contributed by atoms with Gasteiger partial charge in [0.15, 0.2) is 0 Å². The number of anilines is 1. The van der Waals surface area contributed by atoms with Crippen LogP contribution in [0.5, 0.6) is 5.75 Å². The third-order valence-electron chi connectivity index (χ3n) is 5.87. The van der Waals surface area contributed by atoms with Gasteiger partial charge in [0.25, 0.3) is 0 Å². The lowest BCUT2D eigenvalue weighted by Crippen LogP contribution is -2.37. The smallest absolute Gasteiger partial charge is 0.241 e. The Morgan fingerprint density at radius 2 is 1.64 bits per heavy atom. The van der Waals surface area contributed by atoms with Crippen LogP contribution in [-0.2, 0) is 9.59 Å². The molecule has 0 aromatic heterocycles. The van der Waals surface area contributed by atoms with E-state index in [2.05, 4.69) is 39.7 Å². The number of benzene rings is 3. The summed E-state index contributed by atoms with van der Waals surface area (Å²) in [7, 11) is 0. The van der Waals surface area contributed by atoms with Crippen molar-refractivity contribution in [2.45, 2.75) is 18.9 Å². The predicted molar refractivity (Wildman–Crippen MR) is 160 cm³/mol. The van der Waals surface area contributed by atoms with E-state index in [1.165, 1.54) is 0 Å². The molecule has 0 fully saturated rings. The van der Waals surface area contributed by atoms with E-state index in [0.29, 0.717) is 29.2 Å². The Bertz CT molecular complexity index is 1370. The van der Waals surface area contributed by atoms with Crippen molar-refractivity contribution in [1.29, 1.82) is 5.41 Å². The van der Waals surface area contributed by atoms with Gasteiger partial charge in [0.2, 0.25) is 11.8 Å². The Morgan fingerprint density at radius 3 is 2.21 bits per heavy atom. The summed E-state index contributed by atoms with van der Waals surface area (Å²) >= 11 is 3.30. The summed E-state index contributed by atoms with van der Waals surface area (Å²) < 4.78 is 6.55. The van der Waals surface area contributed by atoms with Crippen LogP contribution in [0.3, 0.4) is 0 Å². The normalized spacial score (nSPS) is 12.5. The highest BCUT2D eigenvalue weighted by molar-refractivity contribution is 9.11. The van der Waals surface area contributed by atoms with Crippen molar-refractivity contribution in [1.82, 2.24) is 5.32 Å². The Morgan fingerprint density at radius 1 is 1.00 bits per heavy atom. The number of nitrogens with two attached hydrogens (primary N) is 1. The van der Waals surface area contributed by atoms with Crippen molar-refractivity contribution >= 4 is 39.3 Å². The van der Waals surface area contributed by atoms with E-state index in [1.807, 2.05) is 43.3 Å². The van der Waals surface area contributed by atoms with Gasteiger partial charge in [-0.05, 0) is 66.1 Å². The predicted octanol–water partition coefficient (Wildman–Crippen LogP) is 5.97. The first kappa shape index (κ1) is 29.1. The zero-order valence-electron chi connectivity index (χ0n) is 21.6. The molecule has 0 saturated heterocycles. The maximum Gasteiger partial charge on any atom is 0.241 e. The molecule has 3 aromatic rings. The van der Waals surface area contributed by atoms with Crippen LogP contribution >= 0.6 is 15.9 Å². The van der Waals surface area contributed by atoms with Crippen LogP contribution in [0.15, 0.2) is 114 Å². The van der Waals surface area contributed by atoms with Gasteiger partial charge in [-0.2, -0.15) is 0 Å². The molecular weight excluding hydrogens is 556 g/mol. The molecule has 8 heteroatoms. The number of carbonyl (C=O) groups is 2. The zero-order chi connectivity index (χ0) is 28.4. The molecule has 0 heterocycles. The number of allylic oxidation sites excluding steroid dienone is 2. The van der Waals surface area contributed by atoms with Gasteiger partial charge in [0, 0.05) is 15.7 Å². The second-order valence-corrected chi connectivity index (χ2v) is 9.80. The van der Waals surface area contributed by atoms with Gasteiger partial charge >= 0.3 is 0 Å². The van der Waals surface area contributed by atoms with Crippen LogP contribution < -0.4 is 21.1 Å². The third-order valence-corrected chi connectivity index (χ3v) is 6.10. The highest BCUT2D eigenvalue weighted by atomic mass is 79.9. The summed E-state index contributed by atoms with van der Waals surface area (Å²) in [5.74, 6) is -1.37. The molecule has 0 aliphatic rings. The van der Waals surface area contributed by atoms with Crippen molar-refractivity contribution in [3.63, 3.8) is 0 Å². The first-order chi connectivity index (χ1) is 18.7. The number of carbonyl (C=O) groups excluding carboxylic acids is 2. The Balaban J connectivity index is 1.70. The van der Waals surface area contributed by atoms with Crippen LogP contribution in [-0.4, -0.2) is 24.3 Å². The fourth-order valence-electron chi connectivity index (χ4n) is 3.77. The van der Waals surface area contributed by atoms with Crippen LogP contribution in [0.25, 0.3) is 0 Å². The number of nitrogen functional groups attached to an aromatic ring is 1. The number of halogens is 1. The summed E-state index contributed by atoms with van der Waals surface area (Å²) in [5, 5.41) is 13.3. The van der Waals surface area contributed by atoms with Crippen molar-refractivity contribution in [2.24, 2.45) is 5.73 Å². The summed E-state index contributed by atoms with van der Waals surface area (Å²) in [4.78, 5) is 26.7. The monoisotopic (exact) mass is 586 g/mol. The summed E-state index contributed by atoms with van der Waals surface area (Å²) in [6.07, 6.45) is 3.54. The Hall–Kier alpha value is -4.43. The highest BCUT2D eigenvalue weighted by Gasteiger charge is 2.29. The minimum Gasteiger partial charge on any atom is -0.489 e. The molecule has 0 saturated carbocycles. The van der Waals surface area contributed by atoms with Crippen molar-refractivity contribution in [3.8, 4) is 5.75 Å². The molecule has 0 radical (unpaired) electrons. The standard InChI is InChI=1S/C31H31BrN4O3/c1-4-22(18-20(2)32)19-39-27-16-12-23(13-17-27)21(3)35-30(37)28(24-8-6-5-7-9-24)31(38)36-26-14-10-25(11-15-26)29(33)34/h4-18,21,28H,1-2,19H2,3H3,(H3,33,34)(H,35,37)(H,36,38)/b22-18+. The maximum atomic E-state index is 13.4. The molecule has 3 aromatic carbocycles. The Kier molecular flexibility index (Phi) is 10.4. The van der Waals surface area contributed by atoms with Gasteiger partial charge < -0.3 is 21.1 Å². The number of nitrogens with one attached hydrogen (secondary N) is 3. The number of hydrogen-bond donors (Lipinski definition) is 4. The van der Waals surface area contributed by atoms with Gasteiger partial charge in [-0.1, -0.05) is 77.6 Å². The van der Waals surface area contributed by atoms with Gasteiger partial charge in [-0.25, -0.2) is 0 Å². The van der Waals surface area contributed by atoms with Crippen LogP contribution in [0, 0.1) is 5.41 Å². The molecule has 0 aliphatic heterocycles. The molecule has 39 heavy (non-hydrogen) atoms. The number of amidine groups is 1. The van der Waals surface area contributed by atoms with Crippen LogP contribution in [0.1, 0.15) is 35.6 Å². The average Bonchev–Trinajstić information content (AvgIpc) is 2.92. The van der Waals surface area contributed by atoms with Gasteiger partial charge in [-0.3, -0.25) is 15.0 Å². The lowest BCUT2D eigenvalue weighted by Gasteiger charge is -2.21. The molecule has 200 valence electrons. The maximum absolute atomic E-state index is 13.4. The summed E-state index contributed by atoms with van der Waals surface area (Å²) in [6.45, 7) is 9.77. The molecule has 5 N–H and O–H groups in total. The van der Waals surface area contributed by atoms with Crippen LogP contribution in [0.2, 0.25) is 0 Å². The zero-order valence-corrected chi connectivity index (χ0v) is 23.2. The Labute approximate surface area is 237 Å². The molecule has 0 bridgehead atoms. The number of ether oxygens (including phenoxy) is 1. The van der Waals surface area contributed by atoms with Crippen molar-refractivity contribution in [2.75, 3.05) is 11.9 Å². The van der Waals surface area contributed by atoms with Gasteiger partial charge in [-0.15, -0.1) is 0 Å². The topological polar surface area (TPSA) is 117 Å². The van der Waals surface area contributed by atoms with Gasteiger partial charge in [0.1, 0.15) is 24.1 Å². The molecule has 2 atom stereocenters. The molecule has 3 rings (SSSR count). The quantitative estimate of drug-likeness (QED) is 0.0904. The van der Waals surface area contributed by atoms with E-state index in [0.717, 1.165) is 15.6 Å². The van der Waals surface area contributed by atoms with E-state index < -0.39 is 17.7 Å². The highest BCUT2D eigenvalue weighted by Crippen LogP contribution is 2.23. The first-order valence-electron chi connectivity index (χ1n) is 12.2. The molecular formula is C31H31BrN4O3. The van der Waals surface area contributed by atoms with Crippen molar-refractivity contribution in [3.05, 3.63) is 131 Å². The lowest BCUT2D eigenvalue weighted by atomic mass is 9.96. The van der Waals surface area contributed by atoms with Crippen LogP contribution in [0.4, 0.5) is 5.69 Å². The van der Waals surface area contributed by atoms with E-state index in [9.17, 15) is 9.59 Å². The number of rotatable bonds is 12. The first-order valence-corrected chi connectivity index (χ1v) is 13.0. The molecule has 7 nitrogen and oxygen atoms in total. The SMILES string of the molecule is C=C/C(=C\C(=C)Br)COc1ccc(C(C)NC(=O)C(C(=O)Nc2ccc(C(=N)N)cc2)c2ccccc2)cc1. The largest absolute Gasteiger partial charge is 0.489 e. The number of amides is 2.